The van der Waals surface area contributed by atoms with Gasteiger partial charge >= 0.3 is 0 Å². The number of nitrogens with zero attached hydrogens (tertiary/aromatic N) is 1. The van der Waals surface area contributed by atoms with Crippen LogP contribution in [0.1, 0.15) is 6.92 Å². The van der Waals surface area contributed by atoms with Crippen LogP contribution in [0.3, 0.4) is 0 Å². The predicted octanol–water partition coefficient (Wildman–Crippen LogP) is 1.02. The van der Waals surface area contributed by atoms with Gasteiger partial charge in [0, 0.05) is 0 Å². The average Bonchev–Trinajstić information content (AvgIpc) is 1.27. The molecule has 0 aliphatic heterocycles. The Morgan fingerprint density at radius 1 is 1.57 bits per heavy atom. The quantitative estimate of drug-likeness (QED) is 0.468. The molecule has 0 N–H and O–H groups in total. The highest BCUT2D eigenvalue weighted by Gasteiger charge is 1.85. The van der Waals surface area contributed by atoms with E-state index in [1.807, 2.05) is 0 Å². The highest BCUT2D eigenvalue weighted by atomic mass is 15.0. The fourth-order valence-electron chi connectivity index (χ4n) is 0.623. The second kappa shape index (κ2) is 3.03. The van der Waals surface area contributed by atoms with E-state index in [0.717, 1.165) is 6.54 Å². The zero-order chi connectivity index (χ0) is 5.86. The van der Waals surface area contributed by atoms with E-state index >= 15 is 0 Å². The van der Waals surface area contributed by atoms with Gasteiger partial charge in [0.05, 0.1) is 0 Å². The molecular formula is C6H14N-. The fraction of sp³-hybridized carbons (Fsp3) is 0.833. The van der Waals surface area contributed by atoms with Gasteiger partial charge in [-0.1, -0.05) is 6.92 Å². The van der Waals surface area contributed by atoms with Gasteiger partial charge in [-0.25, -0.2) is 0 Å². The highest BCUT2D eigenvalue weighted by molar-refractivity contribution is 4.55. The van der Waals surface area contributed by atoms with E-state index in [1.165, 1.54) is 0 Å². The van der Waals surface area contributed by atoms with Gasteiger partial charge < -0.3 is 11.8 Å². The summed E-state index contributed by atoms with van der Waals surface area (Å²) in [6.07, 6.45) is 0. The lowest BCUT2D eigenvalue weighted by Gasteiger charge is -2.16. The smallest absolute Gasteiger partial charge is 0.0138 e. The minimum absolute atomic E-state index is 0.551. The minimum atomic E-state index is 0.551. The van der Waals surface area contributed by atoms with E-state index in [-0.39, 0.29) is 0 Å². The Balaban J connectivity index is 2.95. The first-order valence-electron chi connectivity index (χ1n) is 2.60. The van der Waals surface area contributed by atoms with Crippen molar-refractivity contribution in [3.63, 3.8) is 0 Å². The third-order valence-electron chi connectivity index (χ3n) is 0.677. The second-order valence-electron chi connectivity index (χ2n) is 2.37. The summed E-state index contributed by atoms with van der Waals surface area (Å²) in [6.45, 7) is 7.03. The fourth-order valence-corrected chi connectivity index (χ4v) is 0.623. The van der Waals surface area contributed by atoms with Crippen LogP contribution in [0.15, 0.2) is 0 Å². The average molecular weight is 100 g/mol. The maximum absolute atomic E-state index is 3.84. The van der Waals surface area contributed by atoms with Gasteiger partial charge in [0.25, 0.3) is 0 Å². The van der Waals surface area contributed by atoms with Gasteiger partial charge in [0.15, 0.2) is 0 Å². The molecule has 0 bridgehead atoms. The molecule has 0 saturated carbocycles. The van der Waals surface area contributed by atoms with Crippen molar-refractivity contribution >= 4 is 0 Å². The topological polar surface area (TPSA) is 3.24 Å². The van der Waals surface area contributed by atoms with E-state index < -0.39 is 0 Å². The van der Waals surface area contributed by atoms with Gasteiger partial charge in [-0.05, 0) is 20.6 Å². The van der Waals surface area contributed by atoms with Crippen molar-refractivity contribution in [3.05, 3.63) is 6.92 Å². The summed E-state index contributed by atoms with van der Waals surface area (Å²) >= 11 is 0. The summed E-state index contributed by atoms with van der Waals surface area (Å²) in [7, 11) is 4.11. The zero-order valence-corrected chi connectivity index (χ0v) is 5.44. The van der Waals surface area contributed by atoms with Crippen LogP contribution < -0.4 is 0 Å². The van der Waals surface area contributed by atoms with Crippen LogP contribution in [0.2, 0.25) is 0 Å². The molecule has 0 aromatic heterocycles. The maximum atomic E-state index is 3.84. The lowest BCUT2D eigenvalue weighted by atomic mass is 10.2. The molecule has 0 aliphatic rings. The Morgan fingerprint density at radius 3 is 2.00 bits per heavy atom. The molecule has 0 heterocycles. The third kappa shape index (κ3) is 5.96. The Bertz CT molecular complexity index is 33.4. The van der Waals surface area contributed by atoms with Crippen LogP contribution in [-0.4, -0.2) is 25.5 Å². The van der Waals surface area contributed by atoms with E-state index in [4.69, 9.17) is 0 Å². The summed E-state index contributed by atoms with van der Waals surface area (Å²) in [4.78, 5) is 2.14. The van der Waals surface area contributed by atoms with E-state index in [2.05, 4.69) is 32.8 Å². The summed E-state index contributed by atoms with van der Waals surface area (Å²) in [5, 5.41) is 0. The van der Waals surface area contributed by atoms with Crippen LogP contribution >= 0.6 is 0 Å². The molecule has 0 amide bonds. The van der Waals surface area contributed by atoms with Crippen LogP contribution in [-0.2, 0) is 0 Å². The first kappa shape index (κ1) is 6.96. The van der Waals surface area contributed by atoms with Crippen molar-refractivity contribution in [1.29, 1.82) is 0 Å². The molecule has 0 radical (unpaired) electrons. The highest BCUT2D eigenvalue weighted by Crippen LogP contribution is 1.90. The number of hydrogen-bond donors (Lipinski definition) is 0. The van der Waals surface area contributed by atoms with Crippen molar-refractivity contribution in [1.82, 2.24) is 4.90 Å². The van der Waals surface area contributed by atoms with Gasteiger partial charge in [0.1, 0.15) is 0 Å². The van der Waals surface area contributed by atoms with Crippen molar-refractivity contribution in [2.75, 3.05) is 20.6 Å². The van der Waals surface area contributed by atoms with Crippen molar-refractivity contribution < 1.29 is 0 Å². The van der Waals surface area contributed by atoms with Gasteiger partial charge in [-0.15, -0.1) is 0 Å². The van der Waals surface area contributed by atoms with Crippen LogP contribution in [0.5, 0.6) is 0 Å². The molecule has 7 heavy (non-hydrogen) atoms. The van der Waals surface area contributed by atoms with Crippen molar-refractivity contribution in [2.45, 2.75) is 6.92 Å². The number of hydrogen-bond acceptors (Lipinski definition) is 1. The maximum Gasteiger partial charge on any atom is -0.0138 e. The molecule has 0 rings (SSSR count). The largest absolute Gasteiger partial charge is 0.339 e. The van der Waals surface area contributed by atoms with Gasteiger partial charge in [0.2, 0.25) is 0 Å². The van der Waals surface area contributed by atoms with Crippen LogP contribution in [0.25, 0.3) is 0 Å². The van der Waals surface area contributed by atoms with E-state index in [0.29, 0.717) is 5.92 Å². The monoisotopic (exact) mass is 100 g/mol. The molecule has 1 nitrogen and oxygen atoms in total. The minimum Gasteiger partial charge on any atom is -0.339 e. The molecule has 0 aromatic carbocycles. The molecule has 44 valence electrons. The Labute approximate surface area is 46.3 Å². The third-order valence-corrected chi connectivity index (χ3v) is 0.677. The molecule has 0 aromatic rings. The zero-order valence-electron chi connectivity index (χ0n) is 5.44. The molecular weight excluding hydrogens is 86.1 g/mol. The Hall–Kier alpha value is -0.0400. The van der Waals surface area contributed by atoms with Crippen LogP contribution in [0.4, 0.5) is 0 Å². The lowest BCUT2D eigenvalue weighted by Crippen LogP contribution is -2.17. The molecule has 0 saturated heterocycles. The first-order chi connectivity index (χ1) is 3.13. The summed E-state index contributed by atoms with van der Waals surface area (Å²) in [6, 6.07) is 0. The van der Waals surface area contributed by atoms with Gasteiger partial charge in [-0.3, -0.25) is 0 Å². The molecule has 1 atom stereocenters. The van der Waals surface area contributed by atoms with E-state index in [9.17, 15) is 0 Å². The molecule has 1 unspecified atom stereocenters. The predicted molar refractivity (Wildman–Crippen MR) is 33.1 cm³/mol. The molecule has 0 spiro atoms. The number of rotatable bonds is 2. The normalized spacial score (nSPS) is 15.0. The van der Waals surface area contributed by atoms with Gasteiger partial charge in [-0.2, -0.15) is 5.92 Å². The summed E-state index contributed by atoms with van der Waals surface area (Å²) < 4.78 is 0. The van der Waals surface area contributed by atoms with E-state index in [1.54, 1.807) is 0 Å². The van der Waals surface area contributed by atoms with Crippen molar-refractivity contribution in [3.8, 4) is 0 Å². The van der Waals surface area contributed by atoms with Crippen molar-refractivity contribution in [2.24, 2.45) is 5.92 Å². The summed E-state index contributed by atoms with van der Waals surface area (Å²) in [5.74, 6) is 0.551. The lowest BCUT2D eigenvalue weighted by molar-refractivity contribution is 0.370. The molecule has 0 aliphatic carbocycles. The summed E-state index contributed by atoms with van der Waals surface area (Å²) in [5.41, 5.74) is 0. The molecule has 0 fully saturated rings. The SMILES string of the molecule is [CH2-]C(C)CN(C)C. The standard InChI is InChI=1S/C6H14N/c1-6(2)5-7(3)4/h6H,1,5H2,2-4H3/q-1. The van der Waals surface area contributed by atoms with Crippen LogP contribution in [0, 0.1) is 12.8 Å². The Morgan fingerprint density at radius 2 is 2.00 bits per heavy atom. The Kier molecular flexibility index (Phi) is 3.01. The molecule has 1 heteroatoms. The first-order valence-corrected chi connectivity index (χ1v) is 2.60. The second-order valence-corrected chi connectivity index (χ2v) is 2.37.